The normalized spacial score (nSPS) is 12.4. The zero-order valence-electron chi connectivity index (χ0n) is 12.1. The number of esters is 1. The number of hydrogen-bond acceptors (Lipinski definition) is 6. The maximum absolute atomic E-state index is 12.1. The van der Waals surface area contributed by atoms with Crippen molar-refractivity contribution in [2.45, 2.75) is 46.6 Å². The Hall–Kier alpha value is -1.69. The van der Waals surface area contributed by atoms with Gasteiger partial charge in [0.25, 0.3) is 0 Å². The maximum Gasteiger partial charge on any atom is 0.361 e. The smallest absolute Gasteiger partial charge is 0.361 e. The van der Waals surface area contributed by atoms with Gasteiger partial charge in [-0.3, -0.25) is 0 Å². The lowest BCUT2D eigenvalue weighted by Crippen LogP contribution is -2.11. The molecule has 0 bridgehead atoms. The van der Waals surface area contributed by atoms with Crippen molar-refractivity contribution < 1.29 is 13.9 Å². The van der Waals surface area contributed by atoms with Crippen LogP contribution < -0.4 is 0 Å². The van der Waals surface area contributed by atoms with Crippen molar-refractivity contribution >= 4 is 17.3 Å². The number of oxazole rings is 1. The van der Waals surface area contributed by atoms with Crippen molar-refractivity contribution in [2.24, 2.45) is 0 Å². The lowest BCUT2D eigenvalue weighted by molar-refractivity contribution is 0.0335. The molecule has 0 aromatic carbocycles. The standard InChI is InChI=1S/C14H18N2O3S/c1-5-10-12(15-7-18-10)14(17)19-9(4)13-8(3)16-11(6-2)20-13/h7,9H,5-6H2,1-4H3/t9-/m0/s1. The molecule has 5 nitrogen and oxygen atoms in total. The highest BCUT2D eigenvalue weighted by Gasteiger charge is 2.22. The zero-order chi connectivity index (χ0) is 14.7. The van der Waals surface area contributed by atoms with Crippen LogP contribution in [0.5, 0.6) is 0 Å². The lowest BCUT2D eigenvalue weighted by atomic mass is 10.2. The molecule has 2 heterocycles. The van der Waals surface area contributed by atoms with Crippen LogP contribution in [0.4, 0.5) is 0 Å². The summed E-state index contributed by atoms with van der Waals surface area (Å²) in [7, 11) is 0. The summed E-state index contributed by atoms with van der Waals surface area (Å²) in [4.78, 5) is 21.5. The minimum Gasteiger partial charge on any atom is -0.452 e. The van der Waals surface area contributed by atoms with Gasteiger partial charge in [0.15, 0.2) is 12.1 Å². The summed E-state index contributed by atoms with van der Waals surface area (Å²) < 4.78 is 10.6. The molecule has 2 aromatic rings. The molecule has 108 valence electrons. The van der Waals surface area contributed by atoms with Gasteiger partial charge in [0.2, 0.25) is 0 Å². The number of carbonyl (C=O) groups is 1. The third kappa shape index (κ3) is 2.90. The van der Waals surface area contributed by atoms with Crippen LogP contribution in [0.25, 0.3) is 0 Å². The predicted molar refractivity (Wildman–Crippen MR) is 75.9 cm³/mol. The van der Waals surface area contributed by atoms with E-state index in [0.29, 0.717) is 12.2 Å². The van der Waals surface area contributed by atoms with Gasteiger partial charge in [0, 0.05) is 6.42 Å². The van der Waals surface area contributed by atoms with Crippen molar-refractivity contribution in [2.75, 3.05) is 0 Å². The molecule has 0 radical (unpaired) electrons. The van der Waals surface area contributed by atoms with E-state index < -0.39 is 5.97 Å². The fourth-order valence-electron chi connectivity index (χ4n) is 1.95. The van der Waals surface area contributed by atoms with Crippen LogP contribution in [-0.4, -0.2) is 15.9 Å². The van der Waals surface area contributed by atoms with Gasteiger partial charge in [-0.25, -0.2) is 14.8 Å². The number of aryl methyl sites for hydroxylation is 3. The van der Waals surface area contributed by atoms with E-state index in [-0.39, 0.29) is 11.8 Å². The van der Waals surface area contributed by atoms with Crippen LogP contribution in [0.1, 0.15) is 58.7 Å². The van der Waals surface area contributed by atoms with Gasteiger partial charge in [0.1, 0.15) is 11.9 Å². The van der Waals surface area contributed by atoms with E-state index in [1.54, 1.807) is 11.3 Å². The first-order valence-electron chi connectivity index (χ1n) is 6.66. The molecule has 0 unspecified atom stereocenters. The van der Waals surface area contributed by atoms with E-state index in [2.05, 4.69) is 16.9 Å². The molecule has 0 fully saturated rings. The van der Waals surface area contributed by atoms with Crippen molar-refractivity contribution in [1.29, 1.82) is 0 Å². The average molecular weight is 294 g/mol. The molecule has 0 N–H and O–H groups in total. The first kappa shape index (κ1) is 14.7. The molecule has 0 aliphatic rings. The topological polar surface area (TPSA) is 65.2 Å². The predicted octanol–water partition coefficient (Wildman–Crippen LogP) is 3.48. The van der Waals surface area contributed by atoms with Gasteiger partial charge < -0.3 is 9.15 Å². The van der Waals surface area contributed by atoms with Crippen molar-refractivity contribution in [3.8, 4) is 0 Å². The first-order chi connectivity index (χ1) is 9.56. The number of thiazole rings is 1. The Labute approximate surface area is 122 Å². The monoisotopic (exact) mass is 294 g/mol. The van der Waals surface area contributed by atoms with Gasteiger partial charge >= 0.3 is 5.97 Å². The first-order valence-corrected chi connectivity index (χ1v) is 7.47. The second kappa shape index (κ2) is 6.17. The average Bonchev–Trinajstić information content (AvgIpc) is 3.04. The summed E-state index contributed by atoms with van der Waals surface area (Å²) in [6.07, 6.45) is 2.43. The Balaban J connectivity index is 2.13. The molecule has 20 heavy (non-hydrogen) atoms. The molecular formula is C14H18N2O3S. The van der Waals surface area contributed by atoms with Crippen molar-refractivity contribution in [1.82, 2.24) is 9.97 Å². The molecule has 0 amide bonds. The van der Waals surface area contributed by atoms with Crippen LogP contribution >= 0.6 is 11.3 Å². The lowest BCUT2D eigenvalue weighted by Gasteiger charge is -2.11. The summed E-state index contributed by atoms with van der Waals surface area (Å²) in [5.41, 5.74) is 1.18. The Kier molecular flexibility index (Phi) is 4.54. The quantitative estimate of drug-likeness (QED) is 0.790. The second-order valence-corrected chi connectivity index (χ2v) is 5.55. The number of carbonyl (C=O) groups excluding carboxylic acids is 1. The van der Waals surface area contributed by atoms with E-state index in [4.69, 9.17) is 9.15 Å². The number of rotatable bonds is 5. The van der Waals surface area contributed by atoms with E-state index in [1.807, 2.05) is 20.8 Å². The van der Waals surface area contributed by atoms with E-state index in [1.165, 1.54) is 6.39 Å². The van der Waals surface area contributed by atoms with Crippen LogP contribution in [0.15, 0.2) is 10.8 Å². The molecule has 0 aliphatic carbocycles. The Morgan fingerprint density at radius 3 is 2.80 bits per heavy atom. The highest BCUT2D eigenvalue weighted by atomic mass is 32.1. The molecule has 1 atom stereocenters. The summed E-state index contributed by atoms with van der Waals surface area (Å²) in [5, 5.41) is 1.05. The minimum absolute atomic E-state index is 0.261. The number of aromatic nitrogens is 2. The Bertz CT molecular complexity index is 603. The summed E-state index contributed by atoms with van der Waals surface area (Å²) in [6, 6.07) is 0. The summed E-state index contributed by atoms with van der Waals surface area (Å²) in [5.74, 6) is 0.103. The van der Waals surface area contributed by atoms with Crippen LogP contribution in [-0.2, 0) is 17.6 Å². The van der Waals surface area contributed by atoms with Gasteiger partial charge in [-0.05, 0) is 20.3 Å². The number of nitrogens with zero attached hydrogens (tertiary/aromatic N) is 2. The third-order valence-corrected chi connectivity index (χ3v) is 4.45. The maximum atomic E-state index is 12.1. The molecule has 2 rings (SSSR count). The minimum atomic E-state index is -0.450. The van der Waals surface area contributed by atoms with Crippen molar-refractivity contribution in [3.63, 3.8) is 0 Å². The molecular weight excluding hydrogens is 276 g/mol. The molecule has 0 aliphatic heterocycles. The summed E-state index contributed by atoms with van der Waals surface area (Å²) >= 11 is 1.58. The number of ether oxygens (including phenoxy) is 1. The Morgan fingerprint density at radius 1 is 1.45 bits per heavy atom. The fourth-order valence-corrected chi connectivity index (χ4v) is 2.94. The SMILES string of the molecule is CCc1nc(C)c([C@H](C)OC(=O)c2ncoc2CC)s1. The van der Waals surface area contributed by atoms with Gasteiger partial charge in [0.05, 0.1) is 15.6 Å². The fraction of sp³-hybridized carbons (Fsp3) is 0.500. The van der Waals surface area contributed by atoms with Gasteiger partial charge in [-0.1, -0.05) is 13.8 Å². The van der Waals surface area contributed by atoms with E-state index in [0.717, 1.165) is 22.0 Å². The zero-order valence-corrected chi connectivity index (χ0v) is 12.9. The molecule has 0 spiro atoms. The highest BCUT2D eigenvalue weighted by Crippen LogP contribution is 2.28. The van der Waals surface area contributed by atoms with E-state index >= 15 is 0 Å². The van der Waals surface area contributed by atoms with Gasteiger partial charge in [-0.2, -0.15) is 0 Å². The van der Waals surface area contributed by atoms with Crippen LogP contribution in [0, 0.1) is 6.92 Å². The third-order valence-electron chi connectivity index (χ3n) is 2.99. The van der Waals surface area contributed by atoms with Crippen LogP contribution in [0.3, 0.4) is 0 Å². The molecule has 0 saturated heterocycles. The summed E-state index contributed by atoms with van der Waals surface area (Å²) in [6.45, 7) is 7.75. The van der Waals surface area contributed by atoms with Crippen LogP contribution in [0.2, 0.25) is 0 Å². The second-order valence-electron chi connectivity index (χ2n) is 4.44. The van der Waals surface area contributed by atoms with Crippen molar-refractivity contribution in [3.05, 3.63) is 33.4 Å². The molecule has 6 heteroatoms. The van der Waals surface area contributed by atoms with Gasteiger partial charge in [-0.15, -0.1) is 11.3 Å². The largest absolute Gasteiger partial charge is 0.452 e. The molecule has 2 aromatic heterocycles. The number of hydrogen-bond donors (Lipinski definition) is 0. The highest BCUT2D eigenvalue weighted by molar-refractivity contribution is 7.11. The van der Waals surface area contributed by atoms with E-state index in [9.17, 15) is 4.79 Å². The Morgan fingerprint density at radius 2 is 2.20 bits per heavy atom. The molecule has 0 saturated carbocycles.